The van der Waals surface area contributed by atoms with E-state index in [0.29, 0.717) is 18.2 Å². The molecular weight excluding hydrogens is 194 g/mol. The van der Waals surface area contributed by atoms with E-state index < -0.39 is 5.60 Å². The van der Waals surface area contributed by atoms with Crippen molar-refractivity contribution in [2.45, 2.75) is 19.4 Å². The second-order valence-corrected chi connectivity index (χ2v) is 4.18. The highest BCUT2D eigenvalue weighted by molar-refractivity contribution is 5.50. The third kappa shape index (κ3) is 3.59. The van der Waals surface area contributed by atoms with E-state index in [2.05, 4.69) is 9.97 Å². The second kappa shape index (κ2) is 3.90. The molecule has 0 aliphatic rings. The van der Waals surface area contributed by atoms with E-state index in [1.54, 1.807) is 31.9 Å². The van der Waals surface area contributed by atoms with Gasteiger partial charge in [-0.2, -0.15) is 9.97 Å². The summed E-state index contributed by atoms with van der Waals surface area (Å²) >= 11 is 0. The molecule has 0 aromatic carbocycles. The summed E-state index contributed by atoms with van der Waals surface area (Å²) in [5, 5.41) is 9.64. The average Bonchev–Trinajstić information content (AvgIpc) is 1.98. The molecule has 0 amide bonds. The quantitative estimate of drug-likeness (QED) is 0.642. The molecule has 5 N–H and O–H groups in total. The van der Waals surface area contributed by atoms with Gasteiger partial charge in [0.2, 0.25) is 5.95 Å². The summed E-state index contributed by atoms with van der Waals surface area (Å²) in [5.41, 5.74) is 10.2. The summed E-state index contributed by atoms with van der Waals surface area (Å²) in [6.07, 6.45) is 0. The molecule has 0 aliphatic heterocycles. The number of aliphatic hydroxyl groups is 1. The van der Waals surface area contributed by atoms with Gasteiger partial charge in [-0.1, -0.05) is 0 Å². The van der Waals surface area contributed by atoms with Crippen LogP contribution in [-0.2, 0) is 0 Å². The van der Waals surface area contributed by atoms with Crippen molar-refractivity contribution in [3.8, 4) is 0 Å². The largest absolute Gasteiger partial charge is 0.389 e. The lowest BCUT2D eigenvalue weighted by Gasteiger charge is -2.26. The van der Waals surface area contributed by atoms with Crippen LogP contribution in [0.5, 0.6) is 0 Å². The predicted octanol–water partition coefficient (Wildman–Crippen LogP) is -0.152. The Morgan fingerprint density at radius 1 is 1.40 bits per heavy atom. The lowest BCUT2D eigenvalue weighted by Crippen LogP contribution is -2.36. The number of likely N-dealkylation sites (N-methyl/N-ethyl adjacent to an activating group) is 1. The molecule has 1 aromatic rings. The zero-order chi connectivity index (χ0) is 11.6. The Kier molecular flexibility index (Phi) is 2.99. The minimum absolute atomic E-state index is 0.132. The van der Waals surface area contributed by atoms with Crippen LogP contribution in [0.3, 0.4) is 0 Å². The van der Waals surface area contributed by atoms with E-state index in [0.717, 1.165) is 0 Å². The summed E-state index contributed by atoms with van der Waals surface area (Å²) in [5.74, 6) is 1.05. The maximum atomic E-state index is 9.64. The van der Waals surface area contributed by atoms with Gasteiger partial charge in [0.1, 0.15) is 11.6 Å². The number of rotatable bonds is 3. The van der Waals surface area contributed by atoms with Gasteiger partial charge in [0, 0.05) is 19.7 Å². The van der Waals surface area contributed by atoms with E-state index in [4.69, 9.17) is 11.5 Å². The number of nitrogens with two attached hydrogens (primary N) is 2. The van der Waals surface area contributed by atoms with Gasteiger partial charge in [-0.15, -0.1) is 0 Å². The minimum Gasteiger partial charge on any atom is -0.389 e. The lowest BCUT2D eigenvalue weighted by molar-refractivity contribution is 0.0884. The molecule has 0 radical (unpaired) electrons. The first-order valence-corrected chi connectivity index (χ1v) is 4.61. The molecule has 1 aromatic heterocycles. The second-order valence-electron chi connectivity index (χ2n) is 4.18. The topological polar surface area (TPSA) is 101 Å². The molecule has 1 heterocycles. The van der Waals surface area contributed by atoms with Crippen molar-refractivity contribution in [1.82, 2.24) is 9.97 Å². The van der Waals surface area contributed by atoms with Crippen LogP contribution in [0.1, 0.15) is 13.8 Å². The molecule has 6 nitrogen and oxygen atoms in total. The standard InChI is InChI=1S/C9H17N5O/c1-9(2,15)5-14(3)7-4-6(10)12-8(11)13-7/h4,15H,5H2,1-3H3,(H4,10,11,12,13). The maximum absolute atomic E-state index is 9.64. The van der Waals surface area contributed by atoms with Gasteiger partial charge in [-0.25, -0.2) is 0 Å². The molecule has 6 heteroatoms. The van der Waals surface area contributed by atoms with Gasteiger partial charge in [-0.05, 0) is 13.8 Å². The van der Waals surface area contributed by atoms with Gasteiger partial charge in [0.05, 0.1) is 5.60 Å². The zero-order valence-corrected chi connectivity index (χ0v) is 9.23. The molecule has 0 atom stereocenters. The summed E-state index contributed by atoms with van der Waals surface area (Å²) in [6, 6.07) is 1.61. The predicted molar refractivity (Wildman–Crippen MR) is 60.4 cm³/mol. The first kappa shape index (κ1) is 11.5. The molecule has 15 heavy (non-hydrogen) atoms. The molecule has 0 saturated carbocycles. The van der Waals surface area contributed by atoms with E-state index in [-0.39, 0.29) is 5.95 Å². The first-order valence-electron chi connectivity index (χ1n) is 4.61. The smallest absolute Gasteiger partial charge is 0.223 e. The fraction of sp³-hybridized carbons (Fsp3) is 0.556. The van der Waals surface area contributed by atoms with E-state index in [1.807, 2.05) is 0 Å². The van der Waals surface area contributed by atoms with Crippen molar-refractivity contribution >= 4 is 17.6 Å². The van der Waals surface area contributed by atoms with Crippen molar-refractivity contribution in [3.63, 3.8) is 0 Å². The van der Waals surface area contributed by atoms with E-state index in [1.165, 1.54) is 0 Å². The van der Waals surface area contributed by atoms with Crippen LogP contribution < -0.4 is 16.4 Å². The van der Waals surface area contributed by atoms with Crippen LogP contribution in [-0.4, -0.2) is 34.3 Å². The summed E-state index contributed by atoms with van der Waals surface area (Å²) in [6.45, 7) is 3.87. The Hall–Kier alpha value is -1.56. The molecule has 0 fully saturated rings. The SMILES string of the molecule is CN(CC(C)(C)O)c1cc(N)nc(N)n1. The van der Waals surface area contributed by atoms with Gasteiger partial charge in [0.25, 0.3) is 0 Å². The van der Waals surface area contributed by atoms with E-state index >= 15 is 0 Å². The van der Waals surface area contributed by atoms with Gasteiger partial charge < -0.3 is 21.5 Å². The zero-order valence-electron chi connectivity index (χ0n) is 9.23. The highest BCUT2D eigenvalue weighted by atomic mass is 16.3. The Balaban J connectivity index is 2.86. The van der Waals surface area contributed by atoms with Gasteiger partial charge >= 0.3 is 0 Å². The first-order chi connectivity index (χ1) is 6.78. The number of anilines is 3. The molecule has 0 saturated heterocycles. The average molecular weight is 211 g/mol. The molecule has 0 aliphatic carbocycles. The fourth-order valence-electron chi connectivity index (χ4n) is 1.33. The van der Waals surface area contributed by atoms with Crippen LogP contribution in [0.4, 0.5) is 17.6 Å². The van der Waals surface area contributed by atoms with Crippen molar-refractivity contribution in [2.75, 3.05) is 30.0 Å². The Morgan fingerprint density at radius 3 is 2.47 bits per heavy atom. The molecule has 0 spiro atoms. The third-order valence-electron chi connectivity index (χ3n) is 1.76. The van der Waals surface area contributed by atoms with E-state index in [9.17, 15) is 5.11 Å². The molecule has 0 bridgehead atoms. The summed E-state index contributed by atoms with van der Waals surface area (Å²) in [7, 11) is 1.80. The fourth-order valence-corrected chi connectivity index (χ4v) is 1.33. The van der Waals surface area contributed by atoms with Crippen LogP contribution in [0.15, 0.2) is 6.07 Å². The highest BCUT2D eigenvalue weighted by Gasteiger charge is 2.17. The Bertz CT molecular complexity index is 327. The van der Waals surface area contributed by atoms with Gasteiger partial charge in [0.15, 0.2) is 0 Å². The van der Waals surface area contributed by atoms with Crippen molar-refractivity contribution < 1.29 is 5.11 Å². The normalized spacial score (nSPS) is 11.5. The van der Waals surface area contributed by atoms with Crippen molar-refractivity contribution in [3.05, 3.63) is 6.07 Å². The number of hydrogen-bond donors (Lipinski definition) is 3. The minimum atomic E-state index is -0.802. The van der Waals surface area contributed by atoms with Crippen LogP contribution in [0.2, 0.25) is 0 Å². The van der Waals surface area contributed by atoms with Crippen LogP contribution in [0.25, 0.3) is 0 Å². The molecule has 0 unspecified atom stereocenters. The highest BCUT2D eigenvalue weighted by Crippen LogP contribution is 2.15. The van der Waals surface area contributed by atoms with Crippen molar-refractivity contribution in [1.29, 1.82) is 0 Å². The summed E-state index contributed by atoms with van der Waals surface area (Å²) < 4.78 is 0. The monoisotopic (exact) mass is 211 g/mol. The lowest BCUT2D eigenvalue weighted by atomic mass is 10.1. The molecular formula is C9H17N5O. The number of aromatic nitrogens is 2. The maximum Gasteiger partial charge on any atom is 0.223 e. The summed E-state index contributed by atoms with van der Waals surface area (Å²) in [4.78, 5) is 9.56. The number of nitrogen functional groups attached to an aromatic ring is 2. The Morgan fingerprint density at radius 2 is 2.00 bits per heavy atom. The van der Waals surface area contributed by atoms with Crippen LogP contribution in [0, 0.1) is 0 Å². The van der Waals surface area contributed by atoms with Crippen LogP contribution >= 0.6 is 0 Å². The van der Waals surface area contributed by atoms with Gasteiger partial charge in [-0.3, -0.25) is 0 Å². The Labute approximate surface area is 88.9 Å². The molecule has 1 rings (SSSR count). The van der Waals surface area contributed by atoms with Crippen molar-refractivity contribution in [2.24, 2.45) is 0 Å². The third-order valence-corrected chi connectivity index (χ3v) is 1.76. The number of nitrogens with zero attached hydrogens (tertiary/aromatic N) is 3. The molecule has 84 valence electrons. The number of hydrogen-bond acceptors (Lipinski definition) is 6.